The van der Waals surface area contributed by atoms with Crippen molar-refractivity contribution < 1.29 is 9.53 Å². The van der Waals surface area contributed by atoms with E-state index >= 15 is 0 Å². The van der Waals surface area contributed by atoms with Gasteiger partial charge in [0.25, 0.3) is 0 Å². The number of ether oxygens (including phenoxy) is 1. The summed E-state index contributed by atoms with van der Waals surface area (Å²) < 4.78 is 6.23. The molecule has 1 aromatic carbocycles. The standard InChI is InChI=1S/C13H18BrClN2O2/c1-4-19-13-10(14)5-9(15)6-11(13)17-12(18)7-16-8(2)3/h5-6,8,16H,4,7H2,1-3H3,(H,17,18). The van der Waals surface area contributed by atoms with E-state index in [1.807, 2.05) is 20.8 Å². The van der Waals surface area contributed by atoms with Crippen LogP contribution in [0.1, 0.15) is 20.8 Å². The van der Waals surface area contributed by atoms with Gasteiger partial charge in [-0.25, -0.2) is 0 Å². The number of halogens is 2. The molecule has 4 nitrogen and oxygen atoms in total. The van der Waals surface area contributed by atoms with Crippen LogP contribution in [0.25, 0.3) is 0 Å². The average molecular weight is 350 g/mol. The molecule has 0 heterocycles. The molecule has 1 aromatic rings. The van der Waals surface area contributed by atoms with E-state index in [1.54, 1.807) is 12.1 Å². The topological polar surface area (TPSA) is 50.4 Å². The Bertz CT molecular complexity index is 453. The first-order chi connectivity index (χ1) is 8.93. The van der Waals surface area contributed by atoms with Gasteiger partial charge in [0.15, 0.2) is 5.75 Å². The molecule has 19 heavy (non-hydrogen) atoms. The minimum Gasteiger partial charge on any atom is -0.491 e. The molecular formula is C13H18BrClN2O2. The summed E-state index contributed by atoms with van der Waals surface area (Å²) in [6.45, 7) is 6.59. The summed E-state index contributed by atoms with van der Waals surface area (Å²) in [6, 6.07) is 3.65. The minimum atomic E-state index is -0.135. The first-order valence-electron chi connectivity index (χ1n) is 6.09. The molecule has 1 rings (SSSR count). The Morgan fingerprint density at radius 1 is 1.47 bits per heavy atom. The van der Waals surface area contributed by atoms with Gasteiger partial charge < -0.3 is 15.4 Å². The Labute approximate surface area is 127 Å². The zero-order chi connectivity index (χ0) is 14.4. The summed E-state index contributed by atoms with van der Waals surface area (Å²) in [5, 5.41) is 6.37. The van der Waals surface area contributed by atoms with E-state index in [0.717, 1.165) is 0 Å². The van der Waals surface area contributed by atoms with Crippen molar-refractivity contribution in [3.8, 4) is 5.75 Å². The van der Waals surface area contributed by atoms with Crippen molar-refractivity contribution in [1.29, 1.82) is 0 Å². The fourth-order valence-electron chi connectivity index (χ4n) is 1.44. The third kappa shape index (κ3) is 5.38. The molecule has 0 radical (unpaired) electrons. The Morgan fingerprint density at radius 2 is 2.16 bits per heavy atom. The second-order valence-corrected chi connectivity index (χ2v) is 5.57. The number of hydrogen-bond acceptors (Lipinski definition) is 3. The summed E-state index contributed by atoms with van der Waals surface area (Å²) in [6.07, 6.45) is 0. The second-order valence-electron chi connectivity index (χ2n) is 4.28. The van der Waals surface area contributed by atoms with Gasteiger partial charge in [-0.05, 0) is 35.0 Å². The monoisotopic (exact) mass is 348 g/mol. The minimum absolute atomic E-state index is 0.135. The van der Waals surface area contributed by atoms with E-state index < -0.39 is 0 Å². The van der Waals surface area contributed by atoms with Crippen LogP contribution >= 0.6 is 27.5 Å². The third-order valence-corrected chi connectivity index (χ3v) is 3.05. The van der Waals surface area contributed by atoms with E-state index in [-0.39, 0.29) is 18.5 Å². The van der Waals surface area contributed by atoms with Crippen LogP contribution in [0.4, 0.5) is 5.69 Å². The maximum atomic E-state index is 11.8. The lowest BCUT2D eigenvalue weighted by Gasteiger charge is -2.14. The average Bonchev–Trinajstić information content (AvgIpc) is 2.31. The van der Waals surface area contributed by atoms with E-state index in [0.29, 0.717) is 27.5 Å². The van der Waals surface area contributed by atoms with Gasteiger partial charge in [-0.15, -0.1) is 0 Å². The summed E-state index contributed by atoms with van der Waals surface area (Å²) in [5.41, 5.74) is 0.566. The largest absolute Gasteiger partial charge is 0.491 e. The fourth-order valence-corrected chi connectivity index (χ4v) is 2.36. The number of amides is 1. The zero-order valence-electron chi connectivity index (χ0n) is 11.2. The molecule has 0 aliphatic rings. The summed E-state index contributed by atoms with van der Waals surface area (Å²) in [7, 11) is 0. The molecule has 0 spiro atoms. The van der Waals surface area contributed by atoms with Crippen molar-refractivity contribution in [3.05, 3.63) is 21.6 Å². The predicted octanol–water partition coefficient (Wildman–Crippen LogP) is 3.44. The third-order valence-electron chi connectivity index (χ3n) is 2.24. The molecule has 0 aromatic heterocycles. The van der Waals surface area contributed by atoms with E-state index in [1.165, 1.54) is 0 Å². The van der Waals surface area contributed by atoms with Crippen LogP contribution in [0.5, 0.6) is 5.75 Å². The van der Waals surface area contributed by atoms with Gasteiger partial charge in [0.05, 0.1) is 23.3 Å². The molecule has 0 saturated carbocycles. The number of rotatable bonds is 6. The molecular weight excluding hydrogens is 332 g/mol. The van der Waals surface area contributed by atoms with Crippen molar-refractivity contribution in [2.24, 2.45) is 0 Å². The second kappa shape index (κ2) is 7.72. The molecule has 2 N–H and O–H groups in total. The van der Waals surface area contributed by atoms with Crippen LogP contribution in [0.15, 0.2) is 16.6 Å². The van der Waals surface area contributed by atoms with Crippen molar-refractivity contribution in [3.63, 3.8) is 0 Å². The van der Waals surface area contributed by atoms with Crippen LogP contribution in [-0.4, -0.2) is 25.1 Å². The summed E-state index contributed by atoms with van der Waals surface area (Å²) in [4.78, 5) is 11.8. The molecule has 1 amide bonds. The highest BCUT2D eigenvalue weighted by atomic mass is 79.9. The van der Waals surface area contributed by atoms with Crippen LogP contribution < -0.4 is 15.4 Å². The SMILES string of the molecule is CCOc1c(Br)cc(Cl)cc1NC(=O)CNC(C)C. The summed E-state index contributed by atoms with van der Waals surface area (Å²) in [5.74, 6) is 0.452. The molecule has 6 heteroatoms. The van der Waals surface area contributed by atoms with E-state index in [4.69, 9.17) is 16.3 Å². The van der Waals surface area contributed by atoms with Crippen LogP contribution in [0, 0.1) is 0 Å². The van der Waals surface area contributed by atoms with Crippen LogP contribution in [-0.2, 0) is 4.79 Å². The van der Waals surface area contributed by atoms with Gasteiger partial charge in [-0.3, -0.25) is 4.79 Å². The number of benzene rings is 1. The molecule has 0 atom stereocenters. The first kappa shape index (κ1) is 16.3. The van der Waals surface area contributed by atoms with Gasteiger partial charge in [0.1, 0.15) is 0 Å². The Kier molecular flexibility index (Phi) is 6.62. The highest BCUT2D eigenvalue weighted by Crippen LogP contribution is 2.36. The maximum Gasteiger partial charge on any atom is 0.238 e. The van der Waals surface area contributed by atoms with Crippen molar-refractivity contribution in [1.82, 2.24) is 5.32 Å². The fraction of sp³-hybridized carbons (Fsp3) is 0.462. The number of anilines is 1. The molecule has 106 valence electrons. The number of hydrogen-bond donors (Lipinski definition) is 2. The Balaban J connectivity index is 2.83. The van der Waals surface area contributed by atoms with E-state index in [2.05, 4.69) is 26.6 Å². The lowest BCUT2D eigenvalue weighted by molar-refractivity contribution is -0.115. The molecule has 0 aliphatic heterocycles. The van der Waals surface area contributed by atoms with Gasteiger partial charge in [-0.2, -0.15) is 0 Å². The van der Waals surface area contributed by atoms with Crippen LogP contribution in [0.3, 0.4) is 0 Å². The molecule has 0 aliphatic carbocycles. The smallest absolute Gasteiger partial charge is 0.238 e. The highest BCUT2D eigenvalue weighted by Gasteiger charge is 2.13. The predicted molar refractivity (Wildman–Crippen MR) is 82.1 cm³/mol. The zero-order valence-corrected chi connectivity index (χ0v) is 13.6. The number of carbonyl (C=O) groups is 1. The van der Waals surface area contributed by atoms with Gasteiger partial charge in [-0.1, -0.05) is 25.4 Å². The number of nitrogens with one attached hydrogen (secondary N) is 2. The van der Waals surface area contributed by atoms with Crippen molar-refractivity contribution in [2.45, 2.75) is 26.8 Å². The Morgan fingerprint density at radius 3 is 2.74 bits per heavy atom. The maximum absolute atomic E-state index is 11.8. The first-order valence-corrected chi connectivity index (χ1v) is 7.26. The molecule has 0 saturated heterocycles. The number of carbonyl (C=O) groups excluding carboxylic acids is 1. The normalized spacial score (nSPS) is 10.6. The van der Waals surface area contributed by atoms with E-state index in [9.17, 15) is 4.79 Å². The molecule has 0 unspecified atom stereocenters. The van der Waals surface area contributed by atoms with Crippen LogP contribution in [0.2, 0.25) is 5.02 Å². The molecule has 0 fully saturated rings. The lowest BCUT2D eigenvalue weighted by atomic mass is 10.3. The summed E-state index contributed by atoms with van der Waals surface area (Å²) >= 11 is 9.36. The van der Waals surface area contributed by atoms with Gasteiger partial charge >= 0.3 is 0 Å². The van der Waals surface area contributed by atoms with Gasteiger partial charge in [0.2, 0.25) is 5.91 Å². The molecule has 0 bridgehead atoms. The highest BCUT2D eigenvalue weighted by molar-refractivity contribution is 9.10. The van der Waals surface area contributed by atoms with Gasteiger partial charge in [0, 0.05) is 11.1 Å². The quantitative estimate of drug-likeness (QED) is 0.827. The van der Waals surface area contributed by atoms with Crippen molar-refractivity contribution >= 4 is 39.1 Å². The Hall–Kier alpha value is -0.780. The van der Waals surface area contributed by atoms with Crippen molar-refractivity contribution in [2.75, 3.05) is 18.5 Å². The lowest BCUT2D eigenvalue weighted by Crippen LogP contribution is -2.32.